The first-order valence-corrected chi connectivity index (χ1v) is 7.27. The lowest BCUT2D eigenvalue weighted by Crippen LogP contribution is -2.29. The van der Waals surface area contributed by atoms with Crippen LogP contribution in [0, 0.1) is 5.82 Å². The lowest BCUT2D eigenvalue weighted by atomic mass is 10.0. The van der Waals surface area contributed by atoms with E-state index in [9.17, 15) is 17.6 Å². The third-order valence-corrected chi connectivity index (χ3v) is 3.59. The summed E-state index contributed by atoms with van der Waals surface area (Å²) in [5.41, 5.74) is -0.952. The van der Waals surface area contributed by atoms with Crippen LogP contribution in [0.25, 0.3) is 0 Å². The summed E-state index contributed by atoms with van der Waals surface area (Å²) in [5, 5.41) is 7.25. The first kappa shape index (κ1) is 16.5. The number of amides is 1. The molecule has 0 heterocycles. The Bertz CT molecular complexity index is 614. The number of primary sulfonamides is 1. The quantitative estimate of drug-likeness (QED) is 0.854. The molecule has 0 radical (unpaired) electrons. The first-order chi connectivity index (χ1) is 9.05. The molecule has 0 aliphatic carbocycles. The summed E-state index contributed by atoms with van der Waals surface area (Å²) in [6.45, 7) is 3.40. The Morgan fingerprint density at radius 2 is 2.05 bits per heavy atom. The summed E-state index contributed by atoms with van der Waals surface area (Å²) in [4.78, 5) is 11.5. The van der Waals surface area contributed by atoms with Crippen LogP contribution in [0.15, 0.2) is 23.1 Å². The number of benzene rings is 1. The highest BCUT2D eigenvalue weighted by Gasteiger charge is 2.22. The monoisotopic (exact) mass is 304 g/mol. The average Bonchev–Trinajstić information content (AvgIpc) is 2.30. The zero-order chi connectivity index (χ0) is 15.6. The molecule has 6 nitrogen and oxygen atoms in total. The number of anilines is 1. The molecule has 0 aliphatic heterocycles. The van der Waals surface area contributed by atoms with Crippen LogP contribution in [-0.2, 0) is 19.6 Å². The summed E-state index contributed by atoms with van der Waals surface area (Å²) >= 11 is 0. The first-order valence-electron chi connectivity index (χ1n) is 5.72. The largest absolute Gasteiger partial charge is 0.378 e. The highest BCUT2D eigenvalue weighted by atomic mass is 32.2. The fourth-order valence-electron chi connectivity index (χ4n) is 1.43. The summed E-state index contributed by atoms with van der Waals surface area (Å²) < 4.78 is 41.0. The van der Waals surface area contributed by atoms with Crippen molar-refractivity contribution >= 4 is 21.6 Å². The van der Waals surface area contributed by atoms with E-state index in [1.807, 2.05) is 0 Å². The van der Waals surface area contributed by atoms with E-state index in [0.29, 0.717) is 0 Å². The lowest BCUT2D eigenvalue weighted by Gasteiger charge is -2.22. The maximum absolute atomic E-state index is 13.6. The molecule has 1 aromatic carbocycles. The van der Waals surface area contributed by atoms with Gasteiger partial charge in [0, 0.05) is 7.11 Å². The summed E-state index contributed by atoms with van der Waals surface area (Å²) in [7, 11) is -2.51. The van der Waals surface area contributed by atoms with Crippen LogP contribution in [0.1, 0.15) is 20.3 Å². The highest BCUT2D eigenvalue weighted by Crippen LogP contribution is 2.20. The molecule has 0 aromatic heterocycles. The van der Waals surface area contributed by atoms with Crippen molar-refractivity contribution in [3.63, 3.8) is 0 Å². The zero-order valence-electron chi connectivity index (χ0n) is 11.4. The Morgan fingerprint density at radius 3 is 2.55 bits per heavy atom. The van der Waals surface area contributed by atoms with E-state index < -0.39 is 27.3 Å². The van der Waals surface area contributed by atoms with Gasteiger partial charge in [0.05, 0.1) is 22.6 Å². The van der Waals surface area contributed by atoms with Crippen molar-refractivity contribution < 1.29 is 22.3 Å². The predicted octanol–water partition coefficient (Wildman–Crippen LogP) is 1.23. The van der Waals surface area contributed by atoms with Gasteiger partial charge in [0.2, 0.25) is 15.9 Å². The number of carbonyl (C=O) groups excluding carboxylic acids is 1. The number of methoxy groups -OCH3 is 1. The molecule has 0 unspecified atom stereocenters. The molecule has 0 bridgehead atoms. The Labute approximate surface area is 117 Å². The van der Waals surface area contributed by atoms with E-state index in [1.165, 1.54) is 7.11 Å². The Hall–Kier alpha value is -1.51. The van der Waals surface area contributed by atoms with Gasteiger partial charge in [-0.3, -0.25) is 4.79 Å². The Balaban J connectivity index is 2.95. The molecular weight excluding hydrogens is 287 g/mol. The number of halogens is 1. The van der Waals surface area contributed by atoms with Gasteiger partial charge in [-0.1, -0.05) is 0 Å². The topological polar surface area (TPSA) is 98.5 Å². The molecule has 0 fully saturated rings. The maximum Gasteiger partial charge on any atom is 0.238 e. The van der Waals surface area contributed by atoms with Gasteiger partial charge in [-0.05, 0) is 32.0 Å². The standard InChI is InChI=1S/C12H17FN2O4S/c1-12(2,19-3)7-11(16)15-10-6-8(20(14,17)18)4-5-9(10)13/h4-6H,7H2,1-3H3,(H,15,16)(H2,14,17,18). The van der Waals surface area contributed by atoms with E-state index >= 15 is 0 Å². The van der Waals surface area contributed by atoms with Crippen molar-refractivity contribution in [1.29, 1.82) is 0 Å². The van der Waals surface area contributed by atoms with Crippen molar-refractivity contribution in [3.8, 4) is 0 Å². The lowest BCUT2D eigenvalue weighted by molar-refractivity contribution is -0.121. The minimum absolute atomic E-state index is 0.0114. The molecule has 8 heteroatoms. The molecule has 1 aromatic rings. The van der Waals surface area contributed by atoms with Crippen molar-refractivity contribution in [2.45, 2.75) is 30.8 Å². The highest BCUT2D eigenvalue weighted by molar-refractivity contribution is 7.89. The van der Waals surface area contributed by atoms with Gasteiger partial charge in [-0.15, -0.1) is 0 Å². The van der Waals surface area contributed by atoms with Gasteiger partial charge in [-0.25, -0.2) is 17.9 Å². The number of nitrogens with one attached hydrogen (secondary N) is 1. The van der Waals surface area contributed by atoms with Gasteiger partial charge in [0.1, 0.15) is 5.82 Å². The van der Waals surface area contributed by atoms with Crippen molar-refractivity contribution in [1.82, 2.24) is 0 Å². The molecule has 0 saturated heterocycles. The number of sulfonamides is 1. The van der Waals surface area contributed by atoms with Crippen LogP contribution in [0.3, 0.4) is 0 Å². The molecule has 1 rings (SSSR count). The maximum atomic E-state index is 13.6. The number of hydrogen-bond donors (Lipinski definition) is 2. The van der Waals surface area contributed by atoms with E-state index in [0.717, 1.165) is 18.2 Å². The zero-order valence-corrected chi connectivity index (χ0v) is 12.3. The number of rotatable bonds is 5. The van der Waals surface area contributed by atoms with Crippen LogP contribution in [0.5, 0.6) is 0 Å². The van der Waals surface area contributed by atoms with E-state index in [4.69, 9.17) is 9.88 Å². The fourth-order valence-corrected chi connectivity index (χ4v) is 1.97. The number of ether oxygens (including phenoxy) is 1. The molecule has 112 valence electrons. The molecule has 0 saturated carbocycles. The predicted molar refractivity (Wildman–Crippen MR) is 72.1 cm³/mol. The molecule has 20 heavy (non-hydrogen) atoms. The van der Waals surface area contributed by atoms with Crippen molar-refractivity contribution in [2.24, 2.45) is 5.14 Å². The molecule has 0 spiro atoms. The minimum Gasteiger partial charge on any atom is -0.378 e. The van der Waals surface area contributed by atoms with Gasteiger partial charge >= 0.3 is 0 Å². The van der Waals surface area contributed by atoms with Crippen molar-refractivity contribution in [2.75, 3.05) is 12.4 Å². The van der Waals surface area contributed by atoms with Gasteiger partial charge in [-0.2, -0.15) is 0 Å². The molecular formula is C12H17FN2O4S. The second-order valence-electron chi connectivity index (χ2n) is 4.88. The summed E-state index contributed by atoms with van der Waals surface area (Å²) in [6, 6.07) is 2.93. The number of nitrogens with two attached hydrogens (primary N) is 1. The molecule has 1 amide bonds. The van der Waals surface area contributed by atoms with Crippen LogP contribution in [0.4, 0.5) is 10.1 Å². The van der Waals surface area contributed by atoms with Crippen LogP contribution < -0.4 is 10.5 Å². The Kier molecular flexibility index (Phi) is 4.85. The van der Waals surface area contributed by atoms with Gasteiger partial charge < -0.3 is 10.1 Å². The minimum atomic E-state index is -3.96. The van der Waals surface area contributed by atoms with E-state index in [-0.39, 0.29) is 17.0 Å². The third kappa shape index (κ3) is 4.55. The third-order valence-electron chi connectivity index (χ3n) is 2.68. The molecule has 0 atom stereocenters. The SMILES string of the molecule is COC(C)(C)CC(=O)Nc1cc(S(N)(=O)=O)ccc1F. The summed E-state index contributed by atoms with van der Waals surface area (Å²) in [6.07, 6.45) is -0.0114. The second kappa shape index (κ2) is 5.86. The van der Waals surface area contributed by atoms with Gasteiger partial charge in [0.15, 0.2) is 0 Å². The van der Waals surface area contributed by atoms with E-state index in [2.05, 4.69) is 5.32 Å². The van der Waals surface area contributed by atoms with Crippen LogP contribution >= 0.6 is 0 Å². The molecule has 0 aliphatic rings. The van der Waals surface area contributed by atoms with Crippen LogP contribution in [0.2, 0.25) is 0 Å². The number of carbonyl (C=O) groups is 1. The Morgan fingerprint density at radius 1 is 1.45 bits per heavy atom. The van der Waals surface area contributed by atoms with Crippen LogP contribution in [-0.4, -0.2) is 27.0 Å². The smallest absolute Gasteiger partial charge is 0.238 e. The summed E-state index contributed by atoms with van der Waals surface area (Å²) in [5.74, 6) is -1.25. The fraction of sp³-hybridized carbons (Fsp3) is 0.417. The van der Waals surface area contributed by atoms with Gasteiger partial charge in [0.25, 0.3) is 0 Å². The molecule has 3 N–H and O–H groups in total. The van der Waals surface area contributed by atoms with Crippen molar-refractivity contribution in [3.05, 3.63) is 24.0 Å². The normalized spacial score (nSPS) is 12.2. The number of hydrogen-bond acceptors (Lipinski definition) is 4. The second-order valence-corrected chi connectivity index (χ2v) is 6.44. The average molecular weight is 304 g/mol. The van der Waals surface area contributed by atoms with E-state index in [1.54, 1.807) is 13.8 Å².